The second-order valence-electron chi connectivity index (χ2n) is 7.68. The maximum absolute atomic E-state index is 12.6. The third-order valence-electron chi connectivity index (χ3n) is 5.65. The van der Waals surface area contributed by atoms with Crippen molar-refractivity contribution in [2.45, 2.75) is 38.5 Å². The number of sulfonamides is 1. The van der Waals surface area contributed by atoms with E-state index in [2.05, 4.69) is 17.4 Å². The molecule has 0 radical (unpaired) electrons. The van der Waals surface area contributed by atoms with Gasteiger partial charge in [-0.1, -0.05) is 49.7 Å². The number of carbonyl (C=O) groups is 1. The van der Waals surface area contributed by atoms with Crippen molar-refractivity contribution in [3.8, 4) is 0 Å². The maximum atomic E-state index is 12.6. The molecule has 148 valence electrons. The topological polar surface area (TPSA) is 66.5 Å². The molecule has 2 aliphatic rings. The molecule has 0 bridgehead atoms. The first-order valence-electron chi connectivity index (χ1n) is 9.99. The first kappa shape index (κ1) is 19.0. The van der Waals surface area contributed by atoms with E-state index >= 15 is 0 Å². The zero-order valence-electron chi connectivity index (χ0n) is 16.1. The van der Waals surface area contributed by atoms with Gasteiger partial charge in [0.25, 0.3) is 0 Å². The number of nitrogens with one attached hydrogen (secondary N) is 1. The van der Waals surface area contributed by atoms with Gasteiger partial charge in [-0.05, 0) is 48.4 Å². The molecule has 0 spiro atoms. The summed E-state index contributed by atoms with van der Waals surface area (Å²) in [5, 5.41) is 2.99. The minimum Gasteiger partial charge on any atom is -0.326 e. The molecule has 1 fully saturated rings. The number of unbranched alkanes of at least 4 members (excludes halogenated alkanes) is 1. The van der Waals surface area contributed by atoms with Gasteiger partial charge in [-0.15, -0.1) is 0 Å². The van der Waals surface area contributed by atoms with Crippen molar-refractivity contribution in [2.75, 3.05) is 21.9 Å². The Morgan fingerprint density at radius 2 is 1.96 bits per heavy atom. The van der Waals surface area contributed by atoms with Crippen molar-refractivity contribution in [1.82, 2.24) is 0 Å². The summed E-state index contributed by atoms with van der Waals surface area (Å²) < 4.78 is 26.8. The van der Waals surface area contributed by atoms with Gasteiger partial charge < -0.3 is 5.32 Å². The Kier molecular flexibility index (Phi) is 5.15. The van der Waals surface area contributed by atoms with Gasteiger partial charge in [-0.25, -0.2) is 8.42 Å². The molecule has 2 aromatic carbocycles. The lowest BCUT2D eigenvalue weighted by atomic mass is 10.1. The summed E-state index contributed by atoms with van der Waals surface area (Å²) in [7, 11) is -3.31. The molecular weight excluding hydrogens is 372 g/mol. The van der Waals surface area contributed by atoms with Crippen LogP contribution in [0.15, 0.2) is 48.5 Å². The van der Waals surface area contributed by atoms with Gasteiger partial charge in [0.2, 0.25) is 15.9 Å². The van der Waals surface area contributed by atoms with Gasteiger partial charge in [0, 0.05) is 18.2 Å². The number of carbonyl (C=O) groups excluding carboxylic acids is 1. The van der Waals surface area contributed by atoms with Crippen LogP contribution in [0.3, 0.4) is 0 Å². The van der Waals surface area contributed by atoms with Crippen molar-refractivity contribution in [1.29, 1.82) is 0 Å². The van der Waals surface area contributed by atoms with E-state index in [-0.39, 0.29) is 23.5 Å². The van der Waals surface area contributed by atoms with Crippen LogP contribution in [0, 0.1) is 5.92 Å². The molecule has 5 nitrogen and oxygen atoms in total. The molecule has 1 N–H and O–H groups in total. The Bertz CT molecular complexity index is 973. The van der Waals surface area contributed by atoms with Crippen LogP contribution in [0.25, 0.3) is 0 Å². The number of nitrogens with zero attached hydrogens (tertiary/aromatic N) is 1. The van der Waals surface area contributed by atoms with Crippen molar-refractivity contribution < 1.29 is 13.2 Å². The number of anilines is 2. The van der Waals surface area contributed by atoms with E-state index in [1.165, 1.54) is 9.87 Å². The molecule has 1 heterocycles. The summed E-state index contributed by atoms with van der Waals surface area (Å²) in [5.74, 6) is 0.439. The Morgan fingerprint density at radius 3 is 2.71 bits per heavy atom. The number of hydrogen-bond acceptors (Lipinski definition) is 3. The number of amides is 1. The standard InChI is InChI=1S/C22H26N2O3S/c1-2-3-13-28(26,27)24-12-11-17-9-10-18(14-21(17)24)23-22(25)20-15-19(20)16-7-5-4-6-8-16/h4-10,14,19-20H,2-3,11-13,15H2,1H3,(H,23,25). The molecule has 2 atom stereocenters. The molecule has 0 aromatic heterocycles. The van der Waals surface area contributed by atoms with Crippen LogP contribution in [0.5, 0.6) is 0 Å². The molecule has 0 saturated heterocycles. The van der Waals surface area contributed by atoms with Crippen LogP contribution >= 0.6 is 0 Å². The highest BCUT2D eigenvalue weighted by Crippen LogP contribution is 2.48. The van der Waals surface area contributed by atoms with Gasteiger partial charge >= 0.3 is 0 Å². The molecule has 1 amide bonds. The van der Waals surface area contributed by atoms with E-state index in [9.17, 15) is 13.2 Å². The Morgan fingerprint density at radius 1 is 1.18 bits per heavy atom. The SMILES string of the molecule is CCCCS(=O)(=O)N1CCc2ccc(NC(=O)C3CC3c3ccccc3)cc21. The highest BCUT2D eigenvalue weighted by atomic mass is 32.2. The lowest BCUT2D eigenvalue weighted by Gasteiger charge is -2.20. The van der Waals surface area contributed by atoms with Crippen LogP contribution in [-0.2, 0) is 21.2 Å². The quantitative estimate of drug-likeness (QED) is 0.769. The Labute approximate surface area is 166 Å². The van der Waals surface area contributed by atoms with E-state index < -0.39 is 10.0 Å². The largest absolute Gasteiger partial charge is 0.326 e. The van der Waals surface area contributed by atoms with E-state index in [0.717, 1.165) is 18.4 Å². The summed E-state index contributed by atoms with van der Waals surface area (Å²) in [6, 6.07) is 15.7. The summed E-state index contributed by atoms with van der Waals surface area (Å²) in [6.45, 7) is 2.47. The first-order valence-corrected chi connectivity index (χ1v) is 11.6. The Hall–Kier alpha value is -2.34. The average Bonchev–Trinajstić information content (AvgIpc) is 3.39. The number of fused-ring (bicyclic) bond motifs is 1. The third kappa shape index (κ3) is 3.78. The fourth-order valence-corrected chi connectivity index (χ4v) is 5.65. The smallest absolute Gasteiger partial charge is 0.235 e. The van der Waals surface area contributed by atoms with Gasteiger partial charge in [-0.2, -0.15) is 0 Å². The third-order valence-corrected chi connectivity index (χ3v) is 7.51. The fraction of sp³-hybridized carbons (Fsp3) is 0.409. The number of benzene rings is 2. The van der Waals surface area contributed by atoms with Crippen LogP contribution in [0.2, 0.25) is 0 Å². The lowest BCUT2D eigenvalue weighted by molar-refractivity contribution is -0.117. The molecule has 1 aliphatic heterocycles. The maximum Gasteiger partial charge on any atom is 0.235 e. The average molecular weight is 399 g/mol. The molecule has 2 unspecified atom stereocenters. The molecule has 28 heavy (non-hydrogen) atoms. The van der Waals surface area contributed by atoms with Crippen LogP contribution in [0.1, 0.15) is 43.2 Å². The predicted molar refractivity (Wildman–Crippen MR) is 112 cm³/mol. The van der Waals surface area contributed by atoms with Crippen molar-refractivity contribution in [2.24, 2.45) is 5.92 Å². The summed E-state index contributed by atoms with van der Waals surface area (Å²) in [5.41, 5.74) is 3.60. The molecule has 6 heteroatoms. The summed E-state index contributed by atoms with van der Waals surface area (Å²) >= 11 is 0. The highest BCUT2D eigenvalue weighted by Gasteiger charge is 2.43. The zero-order valence-corrected chi connectivity index (χ0v) is 16.9. The molecular formula is C22H26N2O3S. The van der Waals surface area contributed by atoms with Crippen molar-refractivity contribution >= 4 is 27.3 Å². The van der Waals surface area contributed by atoms with Gasteiger partial charge in [0.05, 0.1) is 11.4 Å². The molecule has 4 rings (SSSR count). The highest BCUT2D eigenvalue weighted by molar-refractivity contribution is 7.92. The van der Waals surface area contributed by atoms with Gasteiger partial charge in [0.15, 0.2) is 0 Å². The zero-order chi connectivity index (χ0) is 19.7. The first-order chi connectivity index (χ1) is 13.5. The molecule has 2 aromatic rings. The normalized spacial score (nSPS) is 20.7. The number of hydrogen-bond donors (Lipinski definition) is 1. The molecule has 1 saturated carbocycles. The second kappa shape index (κ2) is 7.59. The van der Waals surface area contributed by atoms with Crippen LogP contribution in [-0.4, -0.2) is 26.6 Å². The summed E-state index contributed by atoms with van der Waals surface area (Å²) in [6.07, 6.45) is 3.08. The van der Waals surface area contributed by atoms with E-state index in [4.69, 9.17) is 0 Å². The van der Waals surface area contributed by atoms with E-state index in [0.29, 0.717) is 30.8 Å². The van der Waals surface area contributed by atoms with Gasteiger partial charge in [-0.3, -0.25) is 9.10 Å². The van der Waals surface area contributed by atoms with Crippen molar-refractivity contribution in [3.63, 3.8) is 0 Å². The lowest BCUT2D eigenvalue weighted by Crippen LogP contribution is -2.31. The minimum atomic E-state index is -3.31. The summed E-state index contributed by atoms with van der Waals surface area (Å²) in [4.78, 5) is 12.6. The van der Waals surface area contributed by atoms with Crippen LogP contribution in [0.4, 0.5) is 11.4 Å². The van der Waals surface area contributed by atoms with E-state index in [1.807, 2.05) is 43.3 Å². The minimum absolute atomic E-state index is 0.00666. The van der Waals surface area contributed by atoms with Crippen LogP contribution < -0.4 is 9.62 Å². The van der Waals surface area contributed by atoms with E-state index in [1.54, 1.807) is 0 Å². The second-order valence-corrected chi connectivity index (χ2v) is 9.70. The van der Waals surface area contributed by atoms with Crippen molar-refractivity contribution in [3.05, 3.63) is 59.7 Å². The molecule has 1 aliphatic carbocycles. The fourth-order valence-electron chi connectivity index (χ4n) is 3.94. The number of rotatable bonds is 7. The van der Waals surface area contributed by atoms with Gasteiger partial charge in [0.1, 0.15) is 0 Å². The monoisotopic (exact) mass is 398 g/mol. The predicted octanol–water partition coefficient (Wildman–Crippen LogP) is 3.92. The Balaban J connectivity index is 1.46.